The largest absolute Gasteiger partial charge is 0.378 e. The number of benzene rings is 1. The van der Waals surface area contributed by atoms with Crippen LogP contribution in [0.15, 0.2) is 24.3 Å². The van der Waals surface area contributed by atoms with Gasteiger partial charge in [-0.3, -0.25) is 19.2 Å². The minimum absolute atomic E-state index is 0.336. The Balaban J connectivity index is 3.52. The van der Waals surface area contributed by atoms with Crippen molar-refractivity contribution in [2.75, 3.05) is 19.0 Å². The maximum absolute atomic E-state index is 12.1. The van der Waals surface area contributed by atoms with E-state index < -0.39 is 17.8 Å². The van der Waals surface area contributed by atoms with Crippen LogP contribution in [0.1, 0.15) is 39.2 Å². The molecule has 0 bridgehead atoms. The Kier molecular flexibility index (Phi) is 6.58. The molecule has 1 aromatic rings. The number of ketones is 4. The van der Waals surface area contributed by atoms with Crippen LogP contribution in [-0.2, 0) is 19.2 Å². The van der Waals surface area contributed by atoms with Gasteiger partial charge in [-0.25, -0.2) is 0 Å². The minimum atomic E-state index is -1.01. The third kappa shape index (κ3) is 4.37. The number of carbonyl (C=O) groups excluding carboxylic acids is 4. The Morgan fingerprint density at radius 2 is 1.04 bits per heavy atom. The average molecular weight is 331 g/mol. The fourth-order valence-corrected chi connectivity index (χ4v) is 3.16. The highest BCUT2D eigenvalue weighted by Gasteiger charge is 2.40. The van der Waals surface area contributed by atoms with Crippen LogP contribution in [0, 0.1) is 11.8 Å². The quantitative estimate of drug-likeness (QED) is 0.684. The van der Waals surface area contributed by atoms with Crippen molar-refractivity contribution in [1.29, 1.82) is 0 Å². The van der Waals surface area contributed by atoms with E-state index in [4.69, 9.17) is 0 Å². The smallest absolute Gasteiger partial charge is 0.140 e. The van der Waals surface area contributed by atoms with Crippen LogP contribution in [0.25, 0.3) is 0 Å². The summed E-state index contributed by atoms with van der Waals surface area (Å²) in [6, 6.07) is 7.24. The lowest BCUT2D eigenvalue weighted by molar-refractivity contribution is -0.135. The SMILES string of the molecule is CC(=O)C(C(C)=O)C(c1ccc(N(C)C)cc1)C(C(C)=O)C(C)=O. The standard InChI is InChI=1S/C19H25NO4/c1-11(21)17(12(2)22)19(18(13(3)23)14(4)24)15-7-9-16(10-8-15)20(5)6/h7-10,17-19H,1-6H3. The van der Waals surface area contributed by atoms with Crippen LogP contribution >= 0.6 is 0 Å². The zero-order chi connectivity index (χ0) is 18.6. The lowest BCUT2D eigenvalue weighted by Crippen LogP contribution is -2.37. The fourth-order valence-electron chi connectivity index (χ4n) is 3.16. The van der Waals surface area contributed by atoms with Gasteiger partial charge in [0.1, 0.15) is 23.1 Å². The van der Waals surface area contributed by atoms with Crippen molar-refractivity contribution in [2.24, 2.45) is 11.8 Å². The van der Waals surface area contributed by atoms with Crippen LogP contribution in [0.2, 0.25) is 0 Å². The van der Waals surface area contributed by atoms with Crippen LogP contribution < -0.4 is 4.90 Å². The summed E-state index contributed by atoms with van der Waals surface area (Å²) in [5, 5.41) is 0. The molecule has 0 fully saturated rings. The van der Waals surface area contributed by atoms with Crippen LogP contribution in [0.4, 0.5) is 5.69 Å². The Bertz CT molecular complexity index is 586. The van der Waals surface area contributed by atoms with Gasteiger partial charge in [0.25, 0.3) is 0 Å². The molecule has 5 nitrogen and oxygen atoms in total. The molecule has 0 saturated carbocycles. The summed E-state index contributed by atoms with van der Waals surface area (Å²) < 4.78 is 0. The molecule has 0 saturated heterocycles. The summed E-state index contributed by atoms with van der Waals surface area (Å²) in [7, 11) is 3.79. The van der Waals surface area contributed by atoms with Gasteiger partial charge in [0.2, 0.25) is 0 Å². The van der Waals surface area contributed by atoms with Gasteiger partial charge >= 0.3 is 0 Å². The van der Waals surface area contributed by atoms with Gasteiger partial charge in [-0.05, 0) is 45.4 Å². The maximum atomic E-state index is 12.1. The molecular weight excluding hydrogens is 306 g/mol. The monoisotopic (exact) mass is 331 g/mol. The van der Waals surface area contributed by atoms with E-state index in [1.807, 2.05) is 31.1 Å². The third-order valence-electron chi connectivity index (χ3n) is 4.26. The van der Waals surface area contributed by atoms with E-state index in [0.717, 1.165) is 5.69 Å². The lowest BCUT2D eigenvalue weighted by atomic mass is 9.71. The predicted molar refractivity (Wildman–Crippen MR) is 93.2 cm³/mol. The van der Waals surface area contributed by atoms with E-state index in [-0.39, 0.29) is 23.1 Å². The highest BCUT2D eigenvalue weighted by Crippen LogP contribution is 2.36. The number of nitrogens with zero attached hydrogens (tertiary/aromatic N) is 1. The zero-order valence-electron chi connectivity index (χ0n) is 15.1. The second-order valence-corrected chi connectivity index (χ2v) is 6.41. The molecule has 0 heterocycles. The molecule has 0 aliphatic carbocycles. The summed E-state index contributed by atoms with van der Waals surface area (Å²) >= 11 is 0. The molecule has 0 unspecified atom stereocenters. The molecule has 0 atom stereocenters. The molecule has 130 valence electrons. The van der Waals surface area contributed by atoms with Gasteiger partial charge < -0.3 is 4.90 Å². The van der Waals surface area contributed by atoms with E-state index in [1.54, 1.807) is 12.1 Å². The van der Waals surface area contributed by atoms with Gasteiger partial charge in [-0.15, -0.1) is 0 Å². The van der Waals surface area contributed by atoms with Crippen molar-refractivity contribution >= 4 is 28.8 Å². The van der Waals surface area contributed by atoms with Crippen molar-refractivity contribution in [3.05, 3.63) is 29.8 Å². The van der Waals surface area contributed by atoms with Crippen molar-refractivity contribution in [3.8, 4) is 0 Å². The molecule has 1 aromatic carbocycles. The van der Waals surface area contributed by atoms with E-state index >= 15 is 0 Å². The highest BCUT2D eigenvalue weighted by atomic mass is 16.2. The zero-order valence-corrected chi connectivity index (χ0v) is 15.1. The van der Waals surface area contributed by atoms with Crippen LogP contribution in [-0.4, -0.2) is 37.2 Å². The summed E-state index contributed by atoms with van der Waals surface area (Å²) in [6.45, 7) is 5.30. The van der Waals surface area contributed by atoms with Gasteiger partial charge in [0.15, 0.2) is 0 Å². The Morgan fingerprint density at radius 1 is 0.708 bits per heavy atom. The predicted octanol–water partition coefficient (Wildman–Crippen LogP) is 2.42. The second-order valence-electron chi connectivity index (χ2n) is 6.41. The normalized spacial score (nSPS) is 11.0. The van der Waals surface area contributed by atoms with Crippen molar-refractivity contribution in [2.45, 2.75) is 33.6 Å². The van der Waals surface area contributed by atoms with Gasteiger partial charge in [0, 0.05) is 25.7 Å². The number of hydrogen-bond donors (Lipinski definition) is 0. The first-order valence-corrected chi connectivity index (χ1v) is 7.87. The molecule has 5 heteroatoms. The molecule has 0 aliphatic heterocycles. The fraction of sp³-hybridized carbons (Fsp3) is 0.474. The molecule has 0 aromatic heterocycles. The number of Topliss-reactive ketones (excluding diaryl/α,β-unsaturated/α-hetero) is 4. The van der Waals surface area contributed by atoms with Gasteiger partial charge in [-0.2, -0.15) is 0 Å². The highest BCUT2D eigenvalue weighted by molar-refractivity contribution is 6.06. The maximum Gasteiger partial charge on any atom is 0.140 e. The van der Waals surface area contributed by atoms with E-state index in [2.05, 4.69) is 0 Å². The molecule has 0 aliphatic rings. The van der Waals surface area contributed by atoms with Gasteiger partial charge in [0.05, 0.1) is 11.8 Å². The van der Waals surface area contributed by atoms with E-state index in [1.165, 1.54) is 27.7 Å². The second kappa shape index (κ2) is 7.99. The molecule has 1 rings (SSSR count). The molecule has 24 heavy (non-hydrogen) atoms. The minimum Gasteiger partial charge on any atom is -0.378 e. The first kappa shape index (κ1) is 19.7. The average Bonchev–Trinajstić information content (AvgIpc) is 2.45. The van der Waals surface area contributed by atoms with Crippen LogP contribution in [0.5, 0.6) is 0 Å². The summed E-state index contributed by atoms with van der Waals surface area (Å²) in [4.78, 5) is 50.2. The third-order valence-corrected chi connectivity index (χ3v) is 4.26. The molecule has 0 N–H and O–H groups in total. The lowest BCUT2D eigenvalue weighted by Gasteiger charge is -2.29. The molecule has 0 amide bonds. The van der Waals surface area contributed by atoms with Crippen molar-refractivity contribution in [1.82, 2.24) is 0 Å². The first-order chi connectivity index (χ1) is 11.1. The number of carbonyl (C=O) groups is 4. The Morgan fingerprint density at radius 3 is 1.29 bits per heavy atom. The summed E-state index contributed by atoms with van der Waals surface area (Å²) in [6.07, 6.45) is 0. The van der Waals surface area contributed by atoms with E-state index in [0.29, 0.717) is 5.56 Å². The Labute approximate surface area is 143 Å². The number of anilines is 1. The summed E-state index contributed by atoms with van der Waals surface area (Å²) in [5.74, 6) is -4.13. The first-order valence-electron chi connectivity index (χ1n) is 7.87. The molecular formula is C19H25NO4. The number of rotatable bonds is 8. The van der Waals surface area contributed by atoms with Crippen molar-refractivity contribution in [3.63, 3.8) is 0 Å². The molecule has 0 radical (unpaired) electrons. The van der Waals surface area contributed by atoms with Crippen LogP contribution in [0.3, 0.4) is 0 Å². The van der Waals surface area contributed by atoms with Gasteiger partial charge in [-0.1, -0.05) is 12.1 Å². The van der Waals surface area contributed by atoms with E-state index in [9.17, 15) is 19.2 Å². The Hall–Kier alpha value is -2.30. The molecule has 0 spiro atoms. The summed E-state index contributed by atoms with van der Waals surface area (Å²) in [5.41, 5.74) is 1.59. The van der Waals surface area contributed by atoms with Crippen molar-refractivity contribution < 1.29 is 19.2 Å². The topological polar surface area (TPSA) is 71.5 Å². The number of hydrogen-bond acceptors (Lipinski definition) is 5.